The first-order valence-electron chi connectivity index (χ1n) is 10.1. The van der Waals surface area contributed by atoms with E-state index in [2.05, 4.69) is 12.5 Å². The molecule has 9 heteroatoms. The van der Waals surface area contributed by atoms with Crippen molar-refractivity contribution in [3.63, 3.8) is 0 Å². The van der Waals surface area contributed by atoms with Crippen molar-refractivity contribution in [3.8, 4) is 5.75 Å². The van der Waals surface area contributed by atoms with Gasteiger partial charge in [0.15, 0.2) is 5.78 Å². The van der Waals surface area contributed by atoms with Gasteiger partial charge in [0.05, 0.1) is 30.4 Å². The average Bonchev–Trinajstić information content (AvgIpc) is 2.75. The second-order valence-corrected chi connectivity index (χ2v) is 11.0. The van der Waals surface area contributed by atoms with Crippen molar-refractivity contribution in [2.75, 3.05) is 38.1 Å². The van der Waals surface area contributed by atoms with Crippen molar-refractivity contribution in [2.24, 2.45) is 0 Å². The van der Waals surface area contributed by atoms with Gasteiger partial charge in [-0.3, -0.25) is 4.79 Å². The molecule has 0 saturated carbocycles. The number of Topliss-reactive ketones (excluding diaryl/α,β-unsaturated/α-hetero) is 1. The van der Waals surface area contributed by atoms with Crippen LogP contribution in [0.5, 0.6) is 5.75 Å². The number of hydrogen-bond acceptors (Lipinski definition) is 7. The molecule has 0 spiro atoms. The van der Waals surface area contributed by atoms with Crippen molar-refractivity contribution in [2.45, 2.75) is 31.3 Å². The molecule has 7 nitrogen and oxygen atoms in total. The van der Waals surface area contributed by atoms with Gasteiger partial charge in [-0.2, -0.15) is 0 Å². The second-order valence-electron chi connectivity index (χ2n) is 7.28. The molecule has 1 unspecified atom stereocenters. The summed E-state index contributed by atoms with van der Waals surface area (Å²) in [4.78, 5) is 11.8. The molecule has 0 radical (unpaired) electrons. The maximum atomic E-state index is 12.0. The fourth-order valence-corrected chi connectivity index (χ4v) is 3.44. The first kappa shape index (κ1) is 28.1. The molecule has 178 valence electrons. The van der Waals surface area contributed by atoms with Crippen molar-refractivity contribution >= 4 is 26.8 Å². The number of ketones is 1. The molecule has 0 amide bonds. The highest BCUT2D eigenvalue weighted by Crippen LogP contribution is 2.14. The second kappa shape index (κ2) is 14.3. The lowest BCUT2D eigenvalue weighted by Crippen LogP contribution is -2.23. The molecule has 0 fully saturated rings. The molecule has 1 N–H and O–H groups in total. The van der Waals surface area contributed by atoms with Gasteiger partial charge in [-0.1, -0.05) is 17.7 Å². The van der Waals surface area contributed by atoms with Crippen LogP contribution in [0.15, 0.2) is 53.4 Å². The fourth-order valence-electron chi connectivity index (χ4n) is 2.38. The van der Waals surface area contributed by atoms with Gasteiger partial charge >= 0.3 is 0 Å². The molecule has 0 heterocycles. The Morgan fingerprint density at radius 2 is 1.66 bits per heavy atom. The van der Waals surface area contributed by atoms with Crippen LogP contribution >= 0.6 is 0 Å². The maximum absolute atomic E-state index is 12.0. The summed E-state index contributed by atoms with van der Waals surface area (Å²) in [6, 6.07) is 12.9. The zero-order chi connectivity index (χ0) is 24.1. The monoisotopic (exact) mass is 484 g/mol. The maximum Gasteiger partial charge on any atom is 0.167 e. The standard InChI is InChI=1S/C16H25O4S.C7H8O3S/c1-4-19-11-14(17)12-20-15-7-5-13(6-8-15)16(18)9-10-21(2)3;1-6-2-4-7(5-3-6)11(8,9)10/h5-8,14,17H,4,9-12H2,1-3H3;2-5H,1H3,(H,8,9,10)/q+1;/p-1. The molecule has 2 aromatic carbocycles. The lowest BCUT2D eigenvalue weighted by atomic mass is 10.1. The van der Waals surface area contributed by atoms with E-state index in [1.165, 1.54) is 12.1 Å². The molecule has 0 aliphatic heterocycles. The minimum absolute atomic E-state index is 0.166. The van der Waals surface area contributed by atoms with E-state index < -0.39 is 16.2 Å². The van der Waals surface area contributed by atoms with E-state index in [9.17, 15) is 22.9 Å². The van der Waals surface area contributed by atoms with Crippen LogP contribution in [0.4, 0.5) is 0 Å². The molecule has 0 bridgehead atoms. The van der Waals surface area contributed by atoms with Crippen LogP contribution in [0.1, 0.15) is 29.3 Å². The van der Waals surface area contributed by atoms with Gasteiger partial charge in [-0.25, -0.2) is 8.42 Å². The SMILES string of the molecule is CCOCC(O)COc1ccc(C(=O)CC[S+](C)C)cc1.Cc1ccc(S(=O)(=O)[O-])cc1. The normalized spacial score (nSPS) is 12.1. The van der Waals surface area contributed by atoms with Crippen LogP contribution in [-0.2, 0) is 25.7 Å². The smallest absolute Gasteiger partial charge is 0.167 e. The Hall–Kier alpha value is -1.91. The number of benzene rings is 2. The van der Waals surface area contributed by atoms with Crippen LogP contribution in [0.25, 0.3) is 0 Å². The molecule has 32 heavy (non-hydrogen) atoms. The molecule has 0 aromatic heterocycles. The fraction of sp³-hybridized carbons (Fsp3) is 0.435. The van der Waals surface area contributed by atoms with Crippen molar-refractivity contribution in [1.29, 1.82) is 0 Å². The number of rotatable bonds is 11. The number of hydrogen-bond donors (Lipinski definition) is 1. The van der Waals surface area contributed by atoms with Crippen molar-refractivity contribution in [3.05, 3.63) is 59.7 Å². The number of aryl methyl sites for hydroxylation is 1. The first-order valence-corrected chi connectivity index (χ1v) is 13.7. The van der Waals surface area contributed by atoms with Gasteiger partial charge in [0, 0.05) is 12.2 Å². The molecule has 1 atom stereocenters. The minimum atomic E-state index is -4.27. The highest BCUT2D eigenvalue weighted by atomic mass is 32.2. The Balaban J connectivity index is 0.000000389. The summed E-state index contributed by atoms with van der Waals surface area (Å²) in [5, 5.41) is 9.60. The summed E-state index contributed by atoms with van der Waals surface area (Å²) < 4.78 is 41.7. The molecule has 2 rings (SSSR count). The summed E-state index contributed by atoms with van der Waals surface area (Å²) in [5.74, 6) is 1.74. The zero-order valence-electron chi connectivity index (χ0n) is 18.9. The van der Waals surface area contributed by atoms with Crippen molar-refractivity contribution in [1.82, 2.24) is 0 Å². The highest BCUT2D eigenvalue weighted by Gasteiger charge is 2.11. The Morgan fingerprint density at radius 1 is 1.06 bits per heavy atom. The van der Waals surface area contributed by atoms with Crippen LogP contribution in [0.3, 0.4) is 0 Å². The van der Waals surface area contributed by atoms with Gasteiger partial charge in [0.2, 0.25) is 0 Å². The van der Waals surface area contributed by atoms with Gasteiger partial charge in [0.1, 0.15) is 34.3 Å². The quantitative estimate of drug-likeness (QED) is 0.296. The lowest BCUT2D eigenvalue weighted by molar-refractivity contribution is 0.0164. The minimum Gasteiger partial charge on any atom is -0.744 e. The van der Waals surface area contributed by atoms with Gasteiger partial charge in [-0.05, 0) is 61.1 Å². The summed E-state index contributed by atoms with van der Waals surface area (Å²) in [6.07, 6.45) is 4.22. The third kappa shape index (κ3) is 11.6. The van der Waals surface area contributed by atoms with E-state index in [1.54, 1.807) is 36.4 Å². The summed E-state index contributed by atoms with van der Waals surface area (Å²) >= 11 is 0. The van der Waals surface area contributed by atoms with Crippen LogP contribution in [-0.4, -0.2) is 68.0 Å². The number of ether oxygens (including phenoxy) is 2. The van der Waals surface area contributed by atoms with Gasteiger partial charge in [0.25, 0.3) is 0 Å². The Morgan fingerprint density at radius 3 is 2.16 bits per heavy atom. The lowest BCUT2D eigenvalue weighted by Gasteiger charge is -2.12. The molecular formula is C23H32O7S2. The first-order chi connectivity index (χ1) is 15.0. The number of carbonyl (C=O) groups excluding carboxylic acids is 1. The van der Waals surface area contributed by atoms with E-state index in [0.717, 1.165) is 11.3 Å². The van der Waals surface area contributed by atoms with Crippen LogP contribution in [0, 0.1) is 6.92 Å². The predicted molar refractivity (Wildman–Crippen MR) is 127 cm³/mol. The predicted octanol–water partition coefficient (Wildman–Crippen LogP) is 2.81. The third-order valence-electron chi connectivity index (χ3n) is 4.18. The highest BCUT2D eigenvalue weighted by molar-refractivity contribution is 7.95. The number of aliphatic hydroxyl groups is 1. The topological polar surface area (TPSA) is 113 Å². The molecule has 0 saturated heterocycles. The summed E-state index contributed by atoms with van der Waals surface area (Å²) in [7, 11) is -3.98. The molecule has 2 aromatic rings. The van der Waals surface area contributed by atoms with E-state index in [1.807, 2.05) is 13.8 Å². The van der Waals surface area contributed by atoms with E-state index >= 15 is 0 Å². The Kier molecular flexibility index (Phi) is 12.6. The van der Waals surface area contributed by atoms with E-state index in [0.29, 0.717) is 24.3 Å². The Bertz CT molecular complexity index is 908. The third-order valence-corrected chi connectivity index (χ3v) is 6.05. The Labute approximate surface area is 193 Å². The largest absolute Gasteiger partial charge is 0.744 e. The number of aliphatic hydroxyl groups excluding tert-OH is 1. The molecule has 0 aliphatic carbocycles. The molecular weight excluding hydrogens is 452 g/mol. The summed E-state index contributed by atoms with van der Waals surface area (Å²) in [5.41, 5.74) is 1.64. The van der Waals surface area contributed by atoms with Crippen LogP contribution < -0.4 is 4.74 Å². The zero-order valence-corrected chi connectivity index (χ0v) is 20.6. The average molecular weight is 485 g/mol. The van der Waals surface area contributed by atoms with E-state index in [4.69, 9.17) is 9.47 Å². The van der Waals surface area contributed by atoms with Crippen molar-refractivity contribution < 1.29 is 32.3 Å². The number of carbonyl (C=O) groups is 1. The molecule has 0 aliphatic rings. The van der Waals surface area contributed by atoms with Crippen LogP contribution in [0.2, 0.25) is 0 Å². The van der Waals surface area contributed by atoms with Gasteiger partial charge < -0.3 is 19.1 Å². The summed E-state index contributed by atoms with van der Waals surface area (Å²) in [6.45, 7) is 4.72. The van der Waals surface area contributed by atoms with E-state index in [-0.39, 0.29) is 34.8 Å². The van der Waals surface area contributed by atoms with Gasteiger partial charge in [-0.15, -0.1) is 0 Å².